The van der Waals surface area contributed by atoms with Gasteiger partial charge in [0.25, 0.3) is 0 Å². The molecule has 0 atom stereocenters. The second-order valence-corrected chi connectivity index (χ2v) is 6.61. The van der Waals surface area contributed by atoms with Crippen molar-refractivity contribution < 1.29 is 9.13 Å². The van der Waals surface area contributed by atoms with Gasteiger partial charge in [-0.25, -0.2) is 4.39 Å². The molecule has 2 heterocycles. The van der Waals surface area contributed by atoms with E-state index < -0.39 is 0 Å². The van der Waals surface area contributed by atoms with Crippen molar-refractivity contribution in [2.45, 2.75) is 25.5 Å². The fourth-order valence-electron chi connectivity index (χ4n) is 3.31. The number of nitrogens with one attached hydrogen (secondary N) is 1. The number of piperidine rings is 1. The average molecular weight is 351 g/mol. The van der Waals surface area contributed by atoms with E-state index in [0.717, 1.165) is 37.1 Å². The quantitative estimate of drug-likeness (QED) is 0.749. The lowest BCUT2D eigenvalue weighted by Gasteiger charge is -2.22. The van der Waals surface area contributed by atoms with Crippen LogP contribution in [0.25, 0.3) is 11.1 Å². The lowest BCUT2D eigenvalue weighted by Crippen LogP contribution is -2.29. The molecule has 1 fully saturated rings. The summed E-state index contributed by atoms with van der Waals surface area (Å²) in [6.07, 6.45) is 5.79. The molecule has 4 nitrogen and oxygen atoms in total. The van der Waals surface area contributed by atoms with Crippen LogP contribution in [0.15, 0.2) is 60.9 Å². The Bertz CT molecular complexity index is 857. The highest BCUT2D eigenvalue weighted by molar-refractivity contribution is 5.63. The minimum Gasteiger partial charge on any atom is -0.489 e. The monoisotopic (exact) mass is 351 g/mol. The van der Waals surface area contributed by atoms with E-state index >= 15 is 0 Å². The third-order valence-corrected chi connectivity index (χ3v) is 4.78. The van der Waals surface area contributed by atoms with E-state index in [1.165, 1.54) is 6.07 Å². The maximum Gasteiger partial charge on any atom is 0.134 e. The van der Waals surface area contributed by atoms with Crippen LogP contribution in [0, 0.1) is 5.82 Å². The molecule has 0 spiro atoms. The average Bonchev–Trinajstić information content (AvgIpc) is 3.18. The third-order valence-electron chi connectivity index (χ3n) is 4.78. The number of nitrogens with zero attached hydrogens (tertiary/aromatic N) is 2. The zero-order valence-corrected chi connectivity index (χ0v) is 14.6. The highest BCUT2D eigenvalue weighted by Crippen LogP contribution is 2.28. The van der Waals surface area contributed by atoms with Gasteiger partial charge < -0.3 is 10.1 Å². The normalized spacial score (nSPS) is 15.1. The number of rotatable bonds is 5. The van der Waals surface area contributed by atoms with Gasteiger partial charge >= 0.3 is 0 Å². The summed E-state index contributed by atoms with van der Waals surface area (Å²) in [5.41, 5.74) is 2.41. The van der Waals surface area contributed by atoms with Crippen LogP contribution in [0.5, 0.6) is 5.75 Å². The molecule has 0 bridgehead atoms. The molecule has 1 N–H and O–H groups in total. The Labute approximate surface area is 152 Å². The highest BCUT2D eigenvalue weighted by atomic mass is 19.1. The number of hydrogen-bond acceptors (Lipinski definition) is 3. The maximum absolute atomic E-state index is 14.6. The summed E-state index contributed by atoms with van der Waals surface area (Å²) in [7, 11) is 0. The van der Waals surface area contributed by atoms with Crippen molar-refractivity contribution >= 4 is 0 Å². The molecule has 0 radical (unpaired) electrons. The molecule has 3 aromatic rings. The van der Waals surface area contributed by atoms with Crippen LogP contribution in [-0.2, 0) is 6.61 Å². The molecular weight excluding hydrogens is 329 g/mol. The van der Waals surface area contributed by atoms with Crippen LogP contribution >= 0.6 is 0 Å². The lowest BCUT2D eigenvalue weighted by molar-refractivity contribution is 0.304. The van der Waals surface area contributed by atoms with E-state index in [1.54, 1.807) is 12.3 Å². The standard InChI is InChI=1S/C21H22FN3O/c22-21-12-19(26-15-16-4-2-1-3-5-16)6-7-20(21)17-13-24-25(14-17)18-8-10-23-11-9-18/h1-7,12-14,18,23H,8-11,15H2. The van der Waals surface area contributed by atoms with Crippen LogP contribution in [0.3, 0.4) is 0 Å². The van der Waals surface area contributed by atoms with Crippen LogP contribution in [0.4, 0.5) is 4.39 Å². The van der Waals surface area contributed by atoms with Crippen molar-refractivity contribution in [2.75, 3.05) is 13.1 Å². The smallest absolute Gasteiger partial charge is 0.134 e. The molecule has 1 saturated heterocycles. The summed E-state index contributed by atoms with van der Waals surface area (Å²) in [5.74, 6) is 0.237. The molecule has 1 aromatic heterocycles. The first-order chi connectivity index (χ1) is 12.8. The summed E-state index contributed by atoms with van der Waals surface area (Å²) < 4.78 is 22.3. The molecule has 2 aromatic carbocycles. The third kappa shape index (κ3) is 3.78. The molecule has 0 unspecified atom stereocenters. The Hall–Kier alpha value is -2.66. The van der Waals surface area contributed by atoms with Crippen LogP contribution in [0.2, 0.25) is 0 Å². The van der Waals surface area contributed by atoms with Crippen molar-refractivity contribution in [3.8, 4) is 16.9 Å². The molecular formula is C21H22FN3O. The predicted molar refractivity (Wildman–Crippen MR) is 99.5 cm³/mol. The van der Waals surface area contributed by atoms with Gasteiger partial charge in [-0.05, 0) is 43.6 Å². The Morgan fingerprint density at radius 3 is 2.69 bits per heavy atom. The van der Waals surface area contributed by atoms with E-state index in [1.807, 2.05) is 47.3 Å². The Balaban J connectivity index is 1.46. The minimum absolute atomic E-state index is 0.291. The topological polar surface area (TPSA) is 39.1 Å². The SMILES string of the molecule is Fc1cc(OCc2ccccc2)ccc1-c1cnn(C2CCNCC2)c1. The Morgan fingerprint density at radius 2 is 1.92 bits per heavy atom. The molecule has 134 valence electrons. The van der Waals surface area contributed by atoms with Gasteiger partial charge in [0.1, 0.15) is 18.2 Å². The van der Waals surface area contributed by atoms with Crippen molar-refractivity contribution in [2.24, 2.45) is 0 Å². The van der Waals surface area contributed by atoms with Gasteiger partial charge in [-0.2, -0.15) is 5.10 Å². The van der Waals surface area contributed by atoms with Crippen molar-refractivity contribution in [3.05, 3.63) is 72.3 Å². The van der Waals surface area contributed by atoms with Gasteiger partial charge in [-0.1, -0.05) is 30.3 Å². The largest absolute Gasteiger partial charge is 0.489 e. The second kappa shape index (κ2) is 7.70. The number of halogens is 1. The Kier molecular flexibility index (Phi) is 4.97. The molecule has 0 aliphatic carbocycles. The number of benzene rings is 2. The fraction of sp³-hybridized carbons (Fsp3) is 0.286. The van der Waals surface area contributed by atoms with Gasteiger partial charge in [0.15, 0.2) is 0 Å². The molecule has 4 rings (SSSR count). The van der Waals surface area contributed by atoms with E-state index in [-0.39, 0.29) is 5.82 Å². The number of hydrogen-bond donors (Lipinski definition) is 1. The predicted octanol–water partition coefficient (Wildman–Crippen LogP) is 4.19. The van der Waals surface area contributed by atoms with Crippen LogP contribution < -0.4 is 10.1 Å². The van der Waals surface area contributed by atoms with Crippen LogP contribution in [-0.4, -0.2) is 22.9 Å². The number of aromatic nitrogens is 2. The first-order valence-corrected chi connectivity index (χ1v) is 9.01. The lowest BCUT2D eigenvalue weighted by atomic mass is 10.1. The van der Waals surface area contributed by atoms with E-state index in [0.29, 0.717) is 24.0 Å². The maximum atomic E-state index is 14.6. The summed E-state index contributed by atoms with van der Waals surface area (Å²) in [6, 6.07) is 15.3. The van der Waals surface area contributed by atoms with Crippen molar-refractivity contribution in [3.63, 3.8) is 0 Å². The fourth-order valence-corrected chi connectivity index (χ4v) is 3.31. The molecule has 1 aliphatic heterocycles. The summed E-state index contributed by atoms with van der Waals surface area (Å²) >= 11 is 0. The summed E-state index contributed by atoms with van der Waals surface area (Å²) in [5, 5.41) is 7.79. The Morgan fingerprint density at radius 1 is 1.12 bits per heavy atom. The first kappa shape index (κ1) is 16.8. The minimum atomic E-state index is -0.291. The van der Waals surface area contributed by atoms with Gasteiger partial charge in [-0.3, -0.25) is 4.68 Å². The zero-order chi connectivity index (χ0) is 17.8. The highest BCUT2D eigenvalue weighted by Gasteiger charge is 2.17. The van der Waals surface area contributed by atoms with E-state index in [4.69, 9.17) is 4.74 Å². The van der Waals surface area contributed by atoms with Gasteiger partial charge in [0.05, 0.1) is 12.2 Å². The molecule has 0 amide bonds. The van der Waals surface area contributed by atoms with Gasteiger partial charge in [0.2, 0.25) is 0 Å². The zero-order valence-electron chi connectivity index (χ0n) is 14.6. The van der Waals surface area contributed by atoms with E-state index in [9.17, 15) is 4.39 Å². The van der Waals surface area contributed by atoms with Gasteiger partial charge in [0, 0.05) is 23.4 Å². The van der Waals surface area contributed by atoms with E-state index in [2.05, 4.69) is 10.4 Å². The van der Waals surface area contributed by atoms with Crippen molar-refractivity contribution in [1.29, 1.82) is 0 Å². The summed E-state index contributed by atoms with van der Waals surface area (Å²) in [4.78, 5) is 0. The molecule has 26 heavy (non-hydrogen) atoms. The first-order valence-electron chi connectivity index (χ1n) is 9.01. The number of ether oxygens (including phenoxy) is 1. The summed E-state index contributed by atoms with van der Waals surface area (Å²) in [6.45, 7) is 2.43. The molecule has 1 aliphatic rings. The van der Waals surface area contributed by atoms with Crippen molar-refractivity contribution in [1.82, 2.24) is 15.1 Å². The second-order valence-electron chi connectivity index (χ2n) is 6.61. The molecule has 0 saturated carbocycles. The molecule has 5 heteroatoms. The van der Waals surface area contributed by atoms with Gasteiger partial charge in [-0.15, -0.1) is 0 Å². The van der Waals surface area contributed by atoms with Crippen LogP contribution in [0.1, 0.15) is 24.4 Å².